The van der Waals surface area contributed by atoms with Gasteiger partial charge in [0.25, 0.3) is 0 Å². The third-order valence-electron chi connectivity index (χ3n) is 11.2. The number of carbonyl (C=O) groups excluding carboxylic acids is 5. The molecule has 4 fully saturated rings. The van der Waals surface area contributed by atoms with Crippen molar-refractivity contribution >= 4 is 29.8 Å². The van der Waals surface area contributed by atoms with Crippen LogP contribution in [-0.2, 0) is 52.3 Å². The summed E-state index contributed by atoms with van der Waals surface area (Å²) >= 11 is 0. The zero-order valence-electron chi connectivity index (χ0n) is 27.9. The molecule has 12 nitrogen and oxygen atoms in total. The van der Waals surface area contributed by atoms with Crippen LogP contribution in [0.25, 0.3) is 0 Å². The molecule has 12 heteroatoms. The molecule has 2 bridgehead atoms. The van der Waals surface area contributed by atoms with E-state index < -0.39 is 94.4 Å². The lowest BCUT2D eigenvalue weighted by Crippen LogP contribution is -2.79. The minimum absolute atomic E-state index is 0.0534. The molecule has 47 heavy (non-hydrogen) atoms. The summed E-state index contributed by atoms with van der Waals surface area (Å²) in [5.74, 6) is -4.16. The second kappa shape index (κ2) is 11.2. The summed E-state index contributed by atoms with van der Waals surface area (Å²) in [6, 6.07) is 8.42. The molecule has 1 aromatic rings. The normalized spacial score (nSPS) is 39.2. The number of carbonyl (C=O) groups is 5. The van der Waals surface area contributed by atoms with Crippen molar-refractivity contribution in [3.63, 3.8) is 0 Å². The molecule has 6 rings (SSSR count). The minimum atomic E-state index is -1.48. The van der Waals surface area contributed by atoms with Gasteiger partial charge in [0.05, 0.1) is 40.6 Å². The smallest absolute Gasteiger partial charge is 0.338 e. The van der Waals surface area contributed by atoms with Crippen LogP contribution < -0.4 is 0 Å². The van der Waals surface area contributed by atoms with Crippen LogP contribution in [0, 0.1) is 16.7 Å². The molecule has 2 aliphatic heterocycles. The molecule has 254 valence electrons. The van der Waals surface area contributed by atoms with E-state index in [0.717, 1.165) is 5.57 Å². The summed E-state index contributed by atoms with van der Waals surface area (Å²) in [6.07, 6.45) is -5.43. The quantitative estimate of drug-likeness (QED) is 0.250. The molecule has 3 aliphatic carbocycles. The molecule has 2 saturated heterocycles. The number of hydrogen-bond acceptors (Lipinski definition) is 12. The van der Waals surface area contributed by atoms with E-state index in [9.17, 15) is 24.0 Å². The highest BCUT2D eigenvalue weighted by molar-refractivity contribution is 5.89. The van der Waals surface area contributed by atoms with Gasteiger partial charge >= 0.3 is 29.8 Å². The Morgan fingerprint density at radius 2 is 1.43 bits per heavy atom. The van der Waals surface area contributed by atoms with E-state index >= 15 is 0 Å². The first-order valence-corrected chi connectivity index (χ1v) is 16.0. The van der Waals surface area contributed by atoms with Crippen molar-refractivity contribution in [1.82, 2.24) is 0 Å². The van der Waals surface area contributed by atoms with Crippen molar-refractivity contribution in [3.05, 3.63) is 47.0 Å². The summed E-state index contributed by atoms with van der Waals surface area (Å²) in [5, 5.41) is 0. The number of hydrogen-bond donors (Lipinski definition) is 0. The largest absolute Gasteiger partial charge is 0.462 e. The van der Waals surface area contributed by atoms with Crippen LogP contribution in [0.5, 0.6) is 0 Å². The van der Waals surface area contributed by atoms with Gasteiger partial charge in [0.1, 0.15) is 18.3 Å². The van der Waals surface area contributed by atoms with Gasteiger partial charge in [-0.3, -0.25) is 19.2 Å². The maximum Gasteiger partial charge on any atom is 0.338 e. The number of rotatable bonds is 6. The fourth-order valence-corrected chi connectivity index (χ4v) is 9.53. The summed E-state index contributed by atoms with van der Waals surface area (Å²) in [4.78, 5) is 65.8. The lowest BCUT2D eigenvalue weighted by molar-refractivity contribution is -0.351. The van der Waals surface area contributed by atoms with E-state index in [1.807, 2.05) is 20.8 Å². The molecule has 10 atom stereocenters. The third kappa shape index (κ3) is 4.73. The van der Waals surface area contributed by atoms with E-state index in [4.69, 9.17) is 33.2 Å². The Kier molecular flexibility index (Phi) is 7.86. The van der Waals surface area contributed by atoms with Gasteiger partial charge < -0.3 is 33.2 Å². The number of esters is 5. The molecule has 2 saturated carbocycles. The van der Waals surface area contributed by atoms with E-state index in [1.54, 1.807) is 37.3 Å². The van der Waals surface area contributed by atoms with Crippen LogP contribution in [0.4, 0.5) is 0 Å². The lowest BCUT2D eigenvalue weighted by atomic mass is 9.49. The fourth-order valence-electron chi connectivity index (χ4n) is 9.53. The van der Waals surface area contributed by atoms with Crippen LogP contribution >= 0.6 is 0 Å². The van der Waals surface area contributed by atoms with Crippen molar-refractivity contribution in [2.45, 2.75) is 116 Å². The van der Waals surface area contributed by atoms with Crippen molar-refractivity contribution in [1.29, 1.82) is 0 Å². The summed E-state index contributed by atoms with van der Waals surface area (Å²) in [5.41, 5.74) is -3.44. The first-order valence-electron chi connectivity index (χ1n) is 16.0. The minimum Gasteiger partial charge on any atom is -0.462 e. The van der Waals surface area contributed by atoms with Gasteiger partial charge in [0.15, 0.2) is 17.8 Å². The van der Waals surface area contributed by atoms with Gasteiger partial charge in [0, 0.05) is 34.1 Å². The zero-order valence-corrected chi connectivity index (χ0v) is 27.9. The highest BCUT2D eigenvalue weighted by Gasteiger charge is 2.82. The van der Waals surface area contributed by atoms with Crippen molar-refractivity contribution < 1.29 is 57.1 Å². The van der Waals surface area contributed by atoms with Crippen LogP contribution in [0.2, 0.25) is 0 Å². The molecule has 1 spiro atoms. The third-order valence-corrected chi connectivity index (χ3v) is 11.2. The van der Waals surface area contributed by atoms with Gasteiger partial charge in [-0.1, -0.05) is 25.1 Å². The molecule has 0 aromatic heterocycles. The zero-order chi connectivity index (χ0) is 34.3. The second-order valence-corrected chi connectivity index (χ2v) is 14.2. The Bertz CT molecular complexity index is 1550. The molecule has 2 heterocycles. The second-order valence-electron chi connectivity index (χ2n) is 14.2. The van der Waals surface area contributed by atoms with E-state index in [-0.39, 0.29) is 18.6 Å². The van der Waals surface area contributed by atoms with Crippen molar-refractivity contribution in [2.24, 2.45) is 16.7 Å². The number of fused-ring (bicyclic) bond motifs is 4. The molecular weight excluding hydrogens is 612 g/mol. The average molecular weight is 655 g/mol. The van der Waals surface area contributed by atoms with Crippen LogP contribution in [0.3, 0.4) is 0 Å². The monoisotopic (exact) mass is 654 g/mol. The summed E-state index contributed by atoms with van der Waals surface area (Å²) < 4.78 is 44.0. The van der Waals surface area contributed by atoms with Crippen molar-refractivity contribution in [3.8, 4) is 0 Å². The molecule has 1 aromatic carbocycles. The highest BCUT2D eigenvalue weighted by Crippen LogP contribution is 2.72. The van der Waals surface area contributed by atoms with Crippen LogP contribution in [-0.4, -0.2) is 84.3 Å². The molecular formula is C35H42O12. The van der Waals surface area contributed by atoms with Gasteiger partial charge in [-0.15, -0.1) is 0 Å². The first-order chi connectivity index (χ1) is 22.0. The average Bonchev–Trinajstić information content (AvgIpc) is 3.39. The van der Waals surface area contributed by atoms with Gasteiger partial charge in [-0.2, -0.15) is 0 Å². The van der Waals surface area contributed by atoms with Crippen LogP contribution in [0.1, 0.15) is 78.6 Å². The van der Waals surface area contributed by atoms with Gasteiger partial charge in [-0.05, 0) is 50.5 Å². The van der Waals surface area contributed by atoms with Crippen LogP contribution in [0.15, 0.2) is 41.5 Å². The van der Waals surface area contributed by atoms with E-state index in [0.29, 0.717) is 12.0 Å². The van der Waals surface area contributed by atoms with Crippen molar-refractivity contribution in [2.75, 3.05) is 6.61 Å². The maximum absolute atomic E-state index is 14.0. The maximum atomic E-state index is 14.0. The fraction of sp³-hybridized carbons (Fsp3) is 0.629. The highest BCUT2D eigenvalue weighted by atomic mass is 16.6. The molecule has 0 N–H and O–H groups in total. The molecule has 0 radical (unpaired) electrons. The Morgan fingerprint density at radius 3 is 1.98 bits per heavy atom. The number of benzene rings is 1. The molecule has 1 unspecified atom stereocenters. The van der Waals surface area contributed by atoms with E-state index in [1.165, 1.54) is 27.7 Å². The Balaban J connectivity index is 1.70. The Labute approximate surface area is 273 Å². The summed E-state index contributed by atoms with van der Waals surface area (Å²) in [7, 11) is 0. The first kappa shape index (κ1) is 33.1. The SMILES string of the molecule is CC(=O)O[C@H]1CC2OC[C@@]2(OC(C)=O)[C@H]2[C@H](OC(C)=O)[C@@]34C[C@@H](OC3(C)C)C(C)=C4[C@@H](OC(=O)c3ccccc3)[C@H](OC(C)=O)[C@]12C. The van der Waals surface area contributed by atoms with Gasteiger partial charge in [-0.25, -0.2) is 4.79 Å². The topological polar surface area (TPSA) is 150 Å². The van der Waals surface area contributed by atoms with E-state index in [2.05, 4.69) is 0 Å². The molecule has 0 amide bonds. The Hall–Kier alpha value is -3.77. The standard InChI is InChI=1S/C35H42O12/c1-17-23-15-34(32(6,7)47-23)26(17)27(45-31(40)22-12-10-9-11-13-22)29(43-19(3)37)33(8)24(42-18(2)36)14-25-35(16-41-25,46-21(5)39)28(33)30(34)44-20(4)38/h9-13,23-25,27-30H,14-16H2,1-8H3/t23-,24+,25?,27-,28+,29+,30+,33-,34+,35+/m1/s1. The Morgan fingerprint density at radius 1 is 0.809 bits per heavy atom. The molecule has 5 aliphatic rings. The number of ether oxygens (including phenoxy) is 7. The lowest BCUT2D eigenvalue weighted by Gasteiger charge is -2.65. The summed E-state index contributed by atoms with van der Waals surface area (Å²) in [6.45, 7) is 12.4. The predicted molar refractivity (Wildman–Crippen MR) is 161 cm³/mol. The predicted octanol–water partition coefficient (Wildman–Crippen LogP) is 3.63. The van der Waals surface area contributed by atoms with Gasteiger partial charge in [0.2, 0.25) is 0 Å².